The molecule has 1 aromatic carbocycles. The van der Waals surface area contributed by atoms with E-state index in [4.69, 9.17) is 5.73 Å². The summed E-state index contributed by atoms with van der Waals surface area (Å²) in [7, 11) is 0. The van der Waals surface area contributed by atoms with Gasteiger partial charge in [-0.25, -0.2) is 0 Å². The second kappa shape index (κ2) is 4.45. The molecule has 1 saturated carbocycles. The molecule has 94 valence electrons. The lowest BCUT2D eigenvalue weighted by molar-refractivity contribution is 0.299. The lowest BCUT2D eigenvalue weighted by Crippen LogP contribution is -2.36. The minimum absolute atomic E-state index is 0.0974. The van der Waals surface area contributed by atoms with Crippen LogP contribution in [-0.2, 0) is 5.54 Å². The van der Waals surface area contributed by atoms with Crippen LogP contribution in [0.3, 0.4) is 0 Å². The zero-order chi connectivity index (χ0) is 12.5. The summed E-state index contributed by atoms with van der Waals surface area (Å²) in [4.78, 5) is 0. The Morgan fingerprint density at radius 3 is 2.53 bits per heavy atom. The highest BCUT2D eigenvalue weighted by molar-refractivity contribution is 5.29. The Morgan fingerprint density at radius 2 is 1.82 bits per heavy atom. The largest absolute Gasteiger partial charge is 0.321 e. The summed E-state index contributed by atoms with van der Waals surface area (Å²) in [6.45, 7) is 6.89. The van der Waals surface area contributed by atoms with E-state index in [9.17, 15) is 0 Å². The molecule has 17 heavy (non-hydrogen) atoms. The SMILES string of the molecule is Cc1cccc(C2(N)CCCC(C)(C)CC2)c1. The zero-order valence-corrected chi connectivity index (χ0v) is 11.4. The lowest BCUT2D eigenvalue weighted by Gasteiger charge is -2.30. The molecule has 0 bridgehead atoms. The molecule has 0 heterocycles. The van der Waals surface area contributed by atoms with E-state index >= 15 is 0 Å². The second-order valence-electron chi connectivity index (χ2n) is 6.54. The average molecular weight is 231 g/mol. The predicted octanol–water partition coefficient (Wildman–Crippen LogP) is 4.14. The zero-order valence-electron chi connectivity index (χ0n) is 11.4. The van der Waals surface area contributed by atoms with E-state index in [1.807, 2.05) is 0 Å². The highest BCUT2D eigenvalue weighted by Crippen LogP contribution is 2.41. The molecule has 2 rings (SSSR count). The second-order valence-corrected chi connectivity index (χ2v) is 6.54. The lowest BCUT2D eigenvalue weighted by atomic mass is 9.81. The molecular weight excluding hydrogens is 206 g/mol. The molecule has 0 saturated heterocycles. The summed E-state index contributed by atoms with van der Waals surface area (Å²) in [5.41, 5.74) is 9.68. The Bertz CT molecular complexity index is 394. The fourth-order valence-electron chi connectivity index (χ4n) is 2.94. The van der Waals surface area contributed by atoms with Crippen LogP contribution in [0.2, 0.25) is 0 Å². The van der Waals surface area contributed by atoms with E-state index in [1.165, 1.54) is 30.4 Å². The first-order chi connectivity index (χ1) is 7.91. The van der Waals surface area contributed by atoms with Crippen molar-refractivity contribution in [2.45, 2.75) is 58.4 Å². The summed E-state index contributed by atoms with van der Waals surface area (Å²) in [6.07, 6.45) is 6.02. The van der Waals surface area contributed by atoms with E-state index in [-0.39, 0.29) is 5.54 Å². The van der Waals surface area contributed by atoms with Gasteiger partial charge in [0.15, 0.2) is 0 Å². The summed E-state index contributed by atoms with van der Waals surface area (Å²) < 4.78 is 0. The Labute approximate surface area is 105 Å². The van der Waals surface area contributed by atoms with Crippen LogP contribution in [0.25, 0.3) is 0 Å². The van der Waals surface area contributed by atoms with Gasteiger partial charge in [0, 0.05) is 5.54 Å². The molecule has 0 aromatic heterocycles. The molecule has 1 fully saturated rings. The van der Waals surface area contributed by atoms with E-state index in [1.54, 1.807) is 0 Å². The van der Waals surface area contributed by atoms with E-state index in [0.29, 0.717) is 5.41 Å². The first kappa shape index (κ1) is 12.6. The van der Waals surface area contributed by atoms with Gasteiger partial charge in [0.1, 0.15) is 0 Å². The highest BCUT2D eigenvalue weighted by Gasteiger charge is 2.33. The summed E-state index contributed by atoms with van der Waals surface area (Å²) >= 11 is 0. The van der Waals surface area contributed by atoms with Crippen molar-refractivity contribution in [3.05, 3.63) is 35.4 Å². The van der Waals surface area contributed by atoms with Gasteiger partial charge in [-0.2, -0.15) is 0 Å². The number of benzene rings is 1. The standard InChI is InChI=1S/C16H25N/c1-13-6-4-7-14(12-13)16(17)9-5-8-15(2,3)10-11-16/h4,6-7,12H,5,8-11,17H2,1-3H3. The van der Waals surface area contributed by atoms with Crippen LogP contribution in [0.5, 0.6) is 0 Å². The van der Waals surface area contributed by atoms with Crippen molar-refractivity contribution in [3.63, 3.8) is 0 Å². The van der Waals surface area contributed by atoms with Crippen LogP contribution in [0.4, 0.5) is 0 Å². The third kappa shape index (κ3) is 2.90. The van der Waals surface area contributed by atoms with Crippen molar-refractivity contribution in [1.29, 1.82) is 0 Å². The first-order valence-corrected chi connectivity index (χ1v) is 6.77. The monoisotopic (exact) mass is 231 g/mol. The molecule has 1 atom stereocenters. The van der Waals surface area contributed by atoms with Crippen LogP contribution < -0.4 is 5.73 Å². The van der Waals surface area contributed by atoms with Crippen LogP contribution in [0.15, 0.2) is 24.3 Å². The van der Waals surface area contributed by atoms with Crippen molar-refractivity contribution >= 4 is 0 Å². The summed E-state index contributed by atoms with van der Waals surface area (Å²) in [5, 5.41) is 0. The molecule has 0 spiro atoms. The van der Waals surface area contributed by atoms with Crippen LogP contribution in [0, 0.1) is 12.3 Å². The Morgan fingerprint density at radius 1 is 1.06 bits per heavy atom. The normalized spacial score (nSPS) is 28.7. The van der Waals surface area contributed by atoms with Gasteiger partial charge in [0.25, 0.3) is 0 Å². The van der Waals surface area contributed by atoms with Gasteiger partial charge in [-0.05, 0) is 43.6 Å². The number of rotatable bonds is 1. The number of hydrogen-bond acceptors (Lipinski definition) is 1. The Hall–Kier alpha value is -0.820. The summed E-state index contributed by atoms with van der Waals surface area (Å²) in [6, 6.07) is 8.74. The van der Waals surface area contributed by atoms with E-state index < -0.39 is 0 Å². The third-order valence-corrected chi connectivity index (χ3v) is 4.32. The van der Waals surface area contributed by atoms with Crippen LogP contribution >= 0.6 is 0 Å². The van der Waals surface area contributed by atoms with Gasteiger partial charge in [0.05, 0.1) is 0 Å². The van der Waals surface area contributed by atoms with Gasteiger partial charge in [-0.3, -0.25) is 0 Å². The maximum Gasteiger partial charge on any atom is 0.0409 e. The third-order valence-electron chi connectivity index (χ3n) is 4.32. The van der Waals surface area contributed by atoms with E-state index in [2.05, 4.69) is 45.0 Å². The van der Waals surface area contributed by atoms with Crippen molar-refractivity contribution in [1.82, 2.24) is 0 Å². The molecule has 0 radical (unpaired) electrons. The number of hydrogen-bond donors (Lipinski definition) is 1. The van der Waals surface area contributed by atoms with Crippen molar-refractivity contribution < 1.29 is 0 Å². The fraction of sp³-hybridized carbons (Fsp3) is 0.625. The maximum absolute atomic E-state index is 6.67. The van der Waals surface area contributed by atoms with Gasteiger partial charge in [-0.15, -0.1) is 0 Å². The molecule has 1 unspecified atom stereocenters. The number of aryl methyl sites for hydroxylation is 1. The topological polar surface area (TPSA) is 26.0 Å². The van der Waals surface area contributed by atoms with Gasteiger partial charge < -0.3 is 5.73 Å². The molecule has 1 heteroatoms. The van der Waals surface area contributed by atoms with Gasteiger partial charge in [-0.1, -0.05) is 50.1 Å². The fourth-order valence-corrected chi connectivity index (χ4v) is 2.94. The molecule has 0 aliphatic heterocycles. The number of nitrogens with two attached hydrogens (primary N) is 1. The van der Waals surface area contributed by atoms with Crippen molar-refractivity contribution in [3.8, 4) is 0 Å². The molecule has 1 aromatic rings. The molecular formula is C16H25N. The highest BCUT2D eigenvalue weighted by atomic mass is 14.7. The summed E-state index contributed by atoms with van der Waals surface area (Å²) in [5.74, 6) is 0. The smallest absolute Gasteiger partial charge is 0.0409 e. The van der Waals surface area contributed by atoms with Crippen LogP contribution in [-0.4, -0.2) is 0 Å². The molecule has 1 nitrogen and oxygen atoms in total. The molecule has 2 N–H and O–H groups in total. The van der Waals surface area contributed by atoms with Crippen molar-refractivity contribution in [2.75, 3.05) is 0 Å². The van der Waals surface area contributed by atoms with Gasteiger partial charge in [0.2, 0.25) is 0 Å². The van der Waals surface area contributed by atoms with Crippen LogP contribution in [0.1, 0.15) is 57.1 Å². The predicted molar refractivity (Wildman–Crippen MR) is 73.9 cm³/mol. The quantitative estimate of drug-likeness (QED) is 0.722. The minimum atomic E-state index is -0.0974. The Kier molecular flexibility index (Phi) is 3.31. The first-order valence-electron chi connectivity index (χ1n) is 6.77. The average Bonchev–Trinajstić information content (AvgIpc) is 2.39. The minimum Gasteiger partial charge on any atom is -0.321 e. The Balaban J connectivity index is 2.24. The maximum atomic E-state index is 6.67. The molecule has 1 aliphatic carbocycles. The van der Waals surface area contributed by atoms with Gasteiger partial charge >= 0.3 is 0 Å². The van der Waals surface area contributed by atoms with E-state index in [0.717, 1.165) is 12.8 Å². The molecule has 0 amide bonds. The molecule has 1 aliphatic rings. The van der Waals surface area contributed by atoms with Crippen molar-refractivity contribution in [2.24, 2.45) is 11.1 Å².